The molecule has 2 aromatic rings. The van der Waals surface area contributed by atoms with Crippen LogP contribution in [0.15, 0.2) is 18.5 Å². The van der Waals surface area contributed by atoms with E-state index in [1.807, 2.05) is 20.8 Å². The quantitative estimate of drug-likeness (QED) is 0.630. The SMILES string of the molecule is CCOC(=O)/C(=C\Nc1ccn[nH]1)c1nnn(C(C)(C)C)n1. The molecule has 0 aromatic carbocycles. The van der Waals surface area contributed by atoms with Gasteiger partial charge in [0, 0.05) is 12.3 Å². The predicted molar refractivity (Wildman–Crippen MR) is 79.6 cm³/mol. The molecule has 0 amide bonds. The maximum atomic E-state index is 12.1. The maximum absolute atomic E-state index is 12.1. The van der Waals surface area contributed by atoms with Crippen LogP contribution >= 0.6 is 0 Å². The molecule has 9 heteroatoms. The van der Waals surface area contributed by atoms with E-state index in [4.69, 9.17) is 4.74 Å². The molecule has 0 unspecified atom stereocenters. The lowest BCUT2D eigenvalue weighted by Crippen LogP contribution is -2.24. The van der Waals surface area contributed by atoms with Crippen molar-refractivity contribution in [3.8, 4) is 0 Å². The van der Waals surface area contributed by atoms with Gasteiger partial charge in [-0.2, -0.15) is 9.90 Å². The Hall–Kier alpha value is -2.71. The molecule has 0 radical (unpaired) electrons. The van der Waals surface area contributed by atoms with Gasteiger partial charge < -0.3 is 10.1 Å². The van der Waals surface area contributed by atoms with Crippen LogP contribution in [-0.4, -0.2) is 43.0 Å². The number of nitrogens with zero attached hydrogens (tertiary/aromatic N) is 5. The number of carbonyl (C=O) groups is 1. The second kappa shape index (κ2) is 6.37. The summed E-state index contributed by atoms with van der Waals surface area (Å²) in [4.78, 5) is 13.5. The molecule has 0 bridgehead atoms. The highest BCUT2D eigenvalue weighted by atomic mass is 16.5. The number of hydrogen-bond donors (Lipinski definition) is 2. The molecule has 2 rings (SSSR count). The predicted octanol–water partition coefficient (Wildman–Crippen LogP) is 1.17. The Labute approximate surface area is 127 Å². The molecule has 2 aromatic heterocycles. The Morgan fingerprint density at radius 1 is 1.50 bits per heavy atom. The van der Waals surface area contributed by atoms with Crippen LogP contribution in [-0.2, 0) is 15.1 Å². The fourth-order valence-electron chi connectivity index (χ4n) is 1.52. The van der Waals surface area contributed by atoms with Crippen molar-refractivity contribution in [2.45, 2.75) is 33.2 Å². The molecule has 2 heterocycles. The minimum absolute atomic E-state index is 0.187. The van der Waals surface area contributed by atoms with E-state index >= 15 is 0 Å². The van der Waals surface area contributed by atoms with Crippen molar-refractivity contribution in [2.24, 2.45) is 0 Å². The lowest BCUT2D eigenvalue weighted by molar-refractivity contribution is -0.136. The van der Waals surface area contributed by atoms with Crippen molar-refractivity contribution in [1.29, 1.82) is 0 Å². The summed E-state index contributed by atoms with van der Waals surface area (Å²) in [5.41, 5.74) is -0.145. The number of hydrogen-bond acceptors (Lipinski definition) is 7. The summed E-state index contributed by atoms with van der Waals surface area (Å²) in [7, 11) is 0. The minimum Gasteiger partial charge on any atom is -0.462 e. The highest BCUT2D eigenvalue weighted by molar-refractivity contribution is 6.15. The molecular weight excluding hydrogens is 286 g/mol. The number of carbonyl (C=O) groups excluding carboxylic acids is 1. The second-order valence-electron chi connectivity index (χ2n) is 5.47. The minimum atomic E-state index is -0.525. The average Bonchev–Trinajstić information content (AvgIpc) is 3.09. The van der Waals surface area contributed by atoms with Gasteiger partial charge in [0.25, 0.3) is 0 Å². The number of aromatic amines is 1. The zero-order valence-electron chi connectivity index (χ0n) is 13.0. The molecule has 22 heavy (non-hydrogen) atoms. The number of nitrogens with one attached hydrogen (secondary N) is 2. The molecule has 2 N–H and O–H groups in total. The van der Waals surface area contributed by atoms with Crippen LogP contribution in [0.4, 0.5) is 5.82 Å². The van der Waals surface area contributed by atoms with E-state index in [-0.39, 0.29) is 23.5 Å². The van der Waals surface area contributed by atoms with E-state index in [9.17, 15) is 4.79 Å². The van der Waals surface area contributed by atoms with Crippen LogP contribution in [0.3, 0.4) is 0 Å². The molecule has 0 spiro atoms. The highest BCUT2D eigenvalue weighted by Crippen LogP contribution is 2.15. The second-order valence-corrected chi connectivity index (χ2v) is 5.47. The Morgan fingerprint density at radius 2 is 2.27 bits per heavy atom. The Balaban J connectivity index is 2.29. The van der Waals surface area contributed by atoms with Gasteiger partial charge in [0.05, 0.1) is 18.3 Å². The third-order valence-electron chi connectivity index (χ3n) is 2.62. The van der Waals surface area contributed by atoms with Gasteiger partial charge in [-0.1, -0.05) is 0 Å². The molecule has 118 valence electrons. The standard InChI is InChI=1S/C13H19N7O2/c1-5-22-12(21)9(8-14-10-6-7-15-16-10)11-17-19-20(18-11)13(2,3)4/h6-8H,5H2,1-4H3,(H2,14,15,16)/b9-8-. The maximum Gasteiger partial charge on any atom is 0.343 e. The van der Waals surface area contributed by atoms with Gasteiger partial charge in [-0.05, 0) is 32.9 Å². The first kappa shape index (κ1) is 15.7. The highest BCUT2D eigenvalue weighted by Gasteiger charge is 2.22. The fraction of sp³-hybridized carbons (Fsp3) is 0.462. The van der Waals surface area contributed by atoms with Crippen LogP contribution in [0, 0.1) is 0 Å². The van der Waals surface area contributed by atoms with Crippen molar-refractivity contribution in [3.63, 3.8) is 0 Å². The van der Waals surface area contributed by atoms with Crippen molar-refractivity contribution in [3.05, 3.63) is 24.3 Å². The summed E-state index contributed by atoms with van der Waals surface area (Å²) in [6, 6.07) is 1.72. The number of anilines is 1. The lowest BCUT2D eigenvalue weighted by atomic mass is 10.1. The summed E-state index contributed by atoms with van der Waals surface area (Å²) < 4.78 is 5.03. The van der Waals surface area contributed by atoms with Gasteiger partial charge in [-0.3, -0.25) is 5.10 Å². The first-order valence-electron chi connectivity index (χ1n) is 6.86. The van der Waals surface area contributed by atoms with Crippen LogP contribution < -0.4 is 5.32 Å². The zero-order chi connectivity index (χ0) is 16.2. The van der Waals surface area contributed by atoms with E-state index in [2.05, 4.69) is 30.9 Å². The zero-order valence-corrected chi connectivity index (χ0v) is 13.0. The van der Waals surface area contributed by atoms with Crippen LogP contribution in [0.2, 0.25) is 0 Å². The molecule has 9 nitrogen and oxygen atoms in total. The number of tetrazole rings is 1. The summed E-state index contributed by atoms with van der Waals surface area (Å²) in [6.07, 6.45) is 3.06. The van der Waals surface area contributed by atoms with Crippen molar-refractivity contribution < 1.29 is 9.53 Å². The number of H-pyrrole nitrogens is 1. The first-order chi connectivity index (χ1) is 10.4. The van der Waals surface area contributed by atoms with E-state index < -0.39 is 5.97 Å². The summed E-state index contributed by atoms with van der Waals surface area (Å²) in [5.74, 6) is 0.299. The number of ether oxygens (including phenoxy) is 1. The Bertz CT molecular complexity index is 652. The van der Waals surface area contributed by atoms with Crippen molar-refractivity contribution in [1.82, 2.24) is 30.4 Å². The monoisotopic (exact) mass is 305 g/mol. The van der Waals surface area contributed by atoms with Crippen LogP contribution in [0.25, 0.3) is 5.57 Å². The fourth-order valence-corrected chi connectivity index (χ4v) is 1.52. The Morgan fingerprint density at radius 3 is 2.82 bits per heavy atom. The van der Waals surface area contributed by atoms with Gasteiger partial charge in [0.15, 0.2) is 0 Å². The van der Waals surface area contributed by atoms with E-state index in [0.717, 1.165) is 0 Å². The van der Waals surface area contributed by atoms with Gasteiger partial charge >= 0.3 is 5.97 Å². The van der Waals surface area contributed by atoms with Gasteiger partial charge in [-0.15, -0.1) is 10.2 Å². The number of esters is 1. The lowest BCUT2D eigenvalue weighted by Gasteiger charge is -2.15. The van der Waals surface area contributed by atoms with E-state index in [1.165, 1.54) is 11.0 Å². The normalized spacial score (nSPS) is 12.3. The van der Waals surface area contributed by atoms with Crippen LogP contribution in [0.5, 0.6) is 0 Å². The van der Waals surface area contributed by atoms with Gasteiger partial charge in [-0.25, -0.2) is 4.79 Å². The van der Waals surface area contributed by atoms with Gasteiger partial charge in [0.1, 0.15) is 11.4 Å². The number of aromatic nitrogens is 6. The summed E-state index contributed by atoms with van der Waals surface area (Å²) in [5, 5.41) is 21.6. The molecule has 0 saturated heterocycles. The third-order valence-corrected chi connectivity index (χ3v) is 2.62. The van der Waals surface area contributed by atoms with Crippen molar-refractivity contribution in [2.75, 3.05) is 11.9 Å². The summed E-state index contributed by atoms with van der Waals surface area (Å²) in [6.45, 7) is 7.81. The smallest absolute Gasteiger partial charge is 0.343 e. The Kier molecular flexibility index (Phi) is 4.54. The average molecular weight is 305 g/mol. The van der Waals surface area contributed by atoms with E-state index in [1.54, 1.807) is 19.2 Å². The first-order valence-corrected chi connectivity index (χ1v) is 6.86. The molecule has 0 aliphatic carbocycles. The van der Waals surface area contributed by atoms with Crippen molar-refractivity contribution >= 4 is 17.4 Å². The third kappa shape index (κ3) is 3.68. The topological polar surface area (TPSA) is 111 Å². The number of rotatable bonds is 5. The van der Waals surface area contributed by atoms with E-state index in [0.29, 0.717) is 5.82 Å². The molecule has 0 aliphatic rings. The molecule has 0 aliphatic heterocycles. The molecule has 0 fully saturated rings. The molecule has 0 atom stereocenters. The van der Waals surface area contributed by atoms with Gasteiger partial charge in [0.2, 0.25) is 5.82 Å². The van der Waals surface area contributed by atoms with Crippen LogP contribution in [0.1, 0.15) is 33.5 Å². The molecular formula is C13H19N7O2. The largest absolute Gasteiger partial charge is 0.462 e. The molecule has 0 saturated carbocycles. The summed E-state index contributed by atoms with van der Waals surface area (Å²) >= 11 is 0.